The van der Waals surface area contributed by atoms with E-state index in [1.165, 1.54) is 0 Å². The van der Waals surface area contributed by atoms with Gasteiger partial charge in [-0.15, -0.1) is 0 Å². The van der Waals surface area contributed by atoms with Gasteiger partial charge >= 0.3 is 0 Å². The number of nitrogens with one attached hydrogen (secondary N) is 1. The van der Waals surface area contributed by atoms with Crippen LogP contribution in [0.2, 0.25) is 0 Å². The molecule has 0 bridgehead atoms. The number of hydrogen-bond donors (Lipinski definition) is 2. The summed E-state index contributed by atoms with van der Waals surface area (Å²) in [6, 6.07) is 19.8. The van der Waals surface area contributed by atoms with E-state index in [-0.39, 0.29) is 0 Å². The standard InChI is InChI=1S/C23H21N5/c1-16-7-6-10-22(18-8-4-3-5-9-18)28(16)27-17(2)25-20-12-13-21-19(15-20)11-14-23(24)26-21/h3-15H,1H2,2H3,(H2,24,26)(H,25,27). The van der Waals surface area contributed by atoms with Crippen molar-refractivity contribution >= 4 is 33.9 Å². The molecule has 0 unspecified atom stereocenters. The van der Waals surface area contributed by atoms with Gasteiger partial charge in [0.1, 0.15) is 11.7 Å². The molecule has 3 N–H and O–H groups in total. The van der Waals surface area contributed by atoms with Crippen molar-refractivity contribution in [1.29, 1.82) is 0 Å². The Labute approximate surface area is 164 Å². The number of amidine groups is 1. The summed E-state index contributed by atoms with van der Waals surface area (Å²) >= 11 is 0. The molecule has 1 aliphatic heterocycles. The highest BCUT2D eigenvalue weighted by Crippen LogP contribution is 2.25. The van der Waals surface area contributed by atoms with Crippen LogP contribution in [-0.4, -0.2) is 15.8 Å². The molecule has 1 aromatic heterocycles. The number of anilines is 1. The first-order valence-corrected chi connectivity index (χ1v) is 9.01. The highest BCUT2D eigenvalue weighted by Gasteiger charge is 2.16. The fourth-order valence-electron chi connectivity index (χ4n) is 3.10. The van der Waals surface area contributed by atoms with Gasteiger partial charge in [0.15, 0.2) is 0 Å². The maximum atomic E-state index is 5.75. The third kappa shape index (κ3) is 3.64. The Balaban J connectivity index is 1.60. The topological polar surface area (TPSA) is 66.5 Å². The lowest BCUT2D eigenvalue weighted by Gasteiger charge is -2.31. The molecular formula is C23H21N5. The van der Waals surface area contributed by atoms with Gasteiger partial charge in [-0.2, -0.15) is 0 Å². The van der Waals surface area contributed by atoms with Gasteiger partial charge in [-0.3, -0.25) is 10.4 Å². The quantitative estimate of drug-likeness (QED) is 0.515. The van der Waals surface area contributed by atoms with Crippen LogP contribution in [0.1, 0.15) is 12.5 Å². The lowest BCUT2D eigenvalue weighted by Crippen LogP contribution is -2.39. The molecule has 0 aliphatic carbocycles. The fraction of sp³-hybridized carbons (Fsp3) is 0.0435. The third-order valence-corrected chi connectivity index (χ3v) is 4.41. The summed E-state index contributed by atoms with van der Waals surface area (Å²) in [7, 11) is 0. The predicted octanol–water partition coefficient (Wildman–Crippen LogP) is 4.80. The van der Waals surface area contributed by atoms with E-state index >= 15 is 0 Å². The second-order valence-electron chi connectivity index (χ2n) is 6.53. The number of pyridine rings is 1. The molecule has 0 fully saturated rings. The van der Waals surface area contributed by atoms with Crippen LogP contribution in [0.5, 0.6) is 0 Å². The first-order valence-electron chi connectivity index (χ1n) is 9.01. The minimum atomic E-state index is 0.512. The molecule has 0 spiro atoms. The van der Waals surface area contributed by atoms with E-state index in [0.29, 0.717) is 5.82 Å². The summed E-state index contributed by atoms with van der Waals surface area (Å²) < 4.78 is 0. The number of fused-ring (bicyclic) bond motifs is 1. The highest BCUT2D eigenvalue weighted by molar-refractivity contribution is 5.87. The number of allylic oxidation sites excluding steroid dienone is 3. The average Bonchev–Trinajstić information content (AvgIpc) is 2.70. The minimum Gasteiger partial charge on any atom is -0.384 e. The van der Waals surface area contributed by atoms with Gasteiger partial charge in [0.2, 0.25) is 0 Å². The molecule has 4 rings (SSSR count). The van der Waals surface area contributed by atoms with Crippen LogP contribution in [0.15, 0.2) is 96.2 Å². The van der Waals surface area contributed by atoms with Crippen LogP contribution in [0, 0.1) is 0 Å². The molecule has 0 radical (unpaired) electrons. The number of nitrogens with two attached hydrogens (primary N) is 1. The molecule has 5 nitrogen and oxygen atoms in total. The number of aliphatic imine (C=N–C) groups is 1. The van der Waals surface area contributed by atoms with Gasteiger partial charge < -0.3 is 5.73 Å². The van der Waals surface area contributed by atoms with E-state index in [4.69, 9.17) is 10.7 Å². The van der Waals surface area contributed by atoms with E-state index in [9.17, 15) is 0 Å². The highest BCUT2D eigenvalue weighted by atomic mass is 15.5. The van der Waals surface area contributed by atoms with E-state index in [2.05, 4.69) is 35.2 Å². The van der Waals surface area contributed by atoms with Crippen molar-refractivity contribution in [3.05, 3.63) is 96.7 Å². The number of nitrogen functional groups attached to an aromatic ring is 1. The third-order valence-electron chi connectivity index (χ3n) is 4.41. The molecule has 5 heteroatoms. The Bertz CT molecular complexity index is 1130. The van der Waals surface area contributed by atoms with Crippen molar-refractivity contribution in [2.75, 3.05) is 5.73 Å². The lowest BCUT2D eigenvalue weighted by atomic mass is 10.1. The molecule has 3 aromatic rings. The molecule has 0 amide bonds. The number of rotatable bonds is 3. The summed E-state index contributed by atoms with van der Waals surface area (Å²) in [6.07, 6.45) is 6.01. The molecule has 0 atom stereocenters. The van der Waals surface area contributed by atoms with Gasteiger partial charge in [-0.1, -0.05) is 43.0 Å². The number of aromatic nitrogens is 1. The normalized spacial score (nSPS) is 14.3. The van der Waals surface area contributed by atoms with Gasteiger partial charge in [0, 0.05) is 10.9 Å². The molecule has 2 heterocycles. The molecule has 2 aromatic carbocycles. The van der Waals surface area contributed by atoms with Gasteiger partial charge in [0.05, 0.1) is 22.6 Å². The molecule has 1 aliphatic rings. The van der Waals surface area contributed by atoms with Crippen molar-refractivity contribution in [2.45, 2.75) is 6.92 Å². The zero-order valence-electron chi connectivity index (χ0n) is 15.6. The van der Waals surface area contributed by atoms with Crippen LogP contribution in [0.25, 0.3) is 16.6 Å². The fourth-order valence-corrected chi connectivity index (χ4v) is 3.10. The Hall–Kier alpha value is -3.86. The Morgan fingerprint density at radius 1 is 1.11 bits per heavy atom. The second kappa shape index (κ2) is 7.40. The maximum absolute atomic E-state index is 5.75. The lowest BCUT2D eigenvalue weighted by molar-refractivity contribution is 0.452. The predicted molar refractivity (Wildman–Crippen MR) is 117 cm³/mol. The van der Waals surface area contributed by atoms with Gasteiger partial charge in [-0.05, 0) is 49.4 Å². The Morgan fingerprint density at radius 3 is 2.75 bits per heavy atom. The van der Waals surface area contributed by atoms with Crippen LogP contribution in [-0.2, 0) is 0 Å². The van der Waals surface area contributed by atoms with Gasteiger partial charge in [0.25, 0.3) is 0 Å². The van der Waals surface area contributed by atoms with Crippen LogP contribution in [0.3, 0.4) is 0 Å². The first-order chi connectivity index (χ1) is 13.6. The van der Waals surface area contributed by atoms with Crippen molar-refractivity contribution in [3.8, 4) is 0 Å². The Morgan fingerprint density at radius 2 is 1.93 bits per heavy atom. The maximum Gasteiger partial charge on any atom is 0.124 e. The van der Waals surface area contributed by atoms with Crippen molar-refractivity contribution < 1.29 is 0 Å². The van der Waals surface area contributed by atoms with Crippen LogP contribution < -0.4 is 11.2 Å². The SMILES string of the molecule is C=C1C=CC=C(c2ccccc2)N1NC(C)=Nc1ccc2nc(N)ccc2c1. The smallest absolute Gasteiger partial charge is 0.124 e. The van der Waals surface area contributed by atoms with Crippen molar-refractivity contribution in [3.63, 3.8) is 0 Å². The van der Waals surface area contributed by atoms with Crippen molar-refractivity contribution in [2.24, 2.45) is 4.99 Å². The van der Waals surface area contributed by atoms with Gasteiger partial charge in [-0.25, -0.2) is 9.98 Å². The molecule has 0 saturated heterocycles. The summed E-state index contributed by atoms with van der Waals surface area (Å²) in [5, 5.41) is 2.94. The number of hydrogen-bond acceptors (Lipinski definition) is 4. The van der Waals surface area contributed by atoms with E-state index in [1.54, 1.807) is 6.07 Å². The molecular weight excluding hydrogens is 346 g/mol. The zero-order valence-corrected chi connectivity index (χ0v) is 15.6. The Kier molecular flexibility index (Phi) is 4.64. The van der Waals surface area contributed by atoms with E-state index < -0.39 is 0 Å². The summed E-state index contributed by atoms with van der Waals surface area (Å²) in [6.45, 7) is 6.07. The number of nitrogens with zero attached hydrogens (tertiary/aromatic N) is 3. The molecule has 138 valence electrons. The largest absolute Gasteiger partial charge is 0.384 e. The van der Waals surface area contributed by atoms with Crippen LogP contribution >= 0.6 is 0 Å². The van der Waals surface area contributed by atoms with E-state index in [1.807, 2.05) is 66.5 Å². The molecule has 0 saturated carbocycles. The van der Waals surface area contributed by atoms with Crippen LogP contribution in [0.4, 0.5) is 11.5 Å². The van der Waals surface area contributed by atoms with E-state index in [0.717, 1.165) is 39.4 Å². The average molecular weight is 367 g/mol. The monoisotopic (exact) mass is 367 g/mol. The van der Waals surface area contributed by atoms with Crippen molar-refractivity contribution in [1.82, 2.24) is 15.4 Å². The second-order valence-corrected chi connectivity index (χ2v) is 6.53. The zero-order chi connectivity index (χ0) is 19.5. The summed E-state index contributed by atoms with van der Waals surface area (Å²) in [4.78, 5) is 9.02. The first kappa shape index (κ1) is 17.5. The molecule has 28 heavy (non-hydrogen) atoms. The number of benzene rings is 2. The minimum absolute atomic E-state index is 0.512. The number of hydrazine groups is 1. The summed E-state index contributed by atoms with van der Waals surface area (Å²) in [5.74, 6) is 1.26. The summed E-state index contributed by atoms with van der Waals surface area (Å²) in [5.41, 5.74) is 13.8.